The van der Waals surface area contributed by atoms with Gasteiger partial charge in [-0.15, -0.1) is 0 Å². The van der Waals surface area contributed by atoms with Crippen molar-refractivity contribution in [2.45, 2.75) is 26.4 Å². The molecule has 148 valence electrons. The third kappa shape index (κ3) is 4.24. The topological polar surface area (TPSA) is 74.3 Å². The molecular formula is C19H19F3N4O2. The first-order chi connectivity index (χ1) is 13.4. The Morgan fingerprint density at radius 1 is 1.18 bits per heavy atom. The van der Waals surface area contributed by atoms with E-state index in [2.05, 4.69) is 15.6 Å². The SMILES string of the molecule is CCC(=O)NCCN1Cc2nc(NCc3cc(F)c(F)cc3F)ccc2C1=O. The summed E-state index contributed by atoms with van der Waals surface area (Å²) in [6.45, 7) is 2.67. The highest BCUT2D eigenvalue weighted by atomic mass is 19.2. The maximum absolute atomic E-state index is 13.7. The quantitative estimate of drug-likeness (QED) is 0.711. The highest BCUT2D eigenvalue weighted by Gasteiger charge is 2.28. The number of nitrogens with one attached hydrogen (secondary N) is 2. The number of fused-ring (bicyclic) bond motifs is 1. The van der Waals surface area contributed by atoms with E-state index < -0.39 is 17.5 Å². The molecule has 2 N–H and O–H groups in total. The number of carbonyl (C=O) groups is 2. The normalized spacial score (nSPS) is 12.9. The minimum atomic E-state index is -1.24. The summed E-state index contributed by atoms with van der Waals surface area (Å²) < 4.78 is 40.0. The van der Waals surface area contributed by atoms with E-state index >= 15 is 0 Å². The average Bonchev–Trinajstić information content (AvgIpc) is 2.98. The van der Waals surface area contributed by atoms with Crippen LogP contribution in [0.3, 0.4) is 0 Å². The molecule has 0 atom stereocenters. The maximum atomic E-state index is 13.7. The number of amides is 2. The number of hydrogen-bond acceptors (Lipinski definition) is 4. The van der Waals surface area contributed by atoms with Crippen molar-refractivity contribution in [1.82, 2.24) is 15.2 Å². The number of nitrogens with zero attached hydrogens (tertiary/aromatic N) is 2. The first kappa shape index (κ1) is 19.7. The lowest BCUT2D eigenvalue weighted by Crippen LogP contribution is -2.34. The first-order valence-electron chi connectivity index (χ1n) is 8.82. The van der Waals surface area contributed by atoms with Gasteiger partial charge in [0.15, 0.2) is 11.6 Å². The Morgan fingerprint density at radius 2 is 1.93 bits per heavy atom. The second-order valence-corrected chi connectivity index (χ2v) is 6.33. The average molecular weight is 392 g/mol. The molecule has 9 heteroatoms. The fourth-order valence-corrected chi connectivity index (χ4v) is 2.86. The minimum absolute atomic E-state index is 0.0365. The lowest BCUT2D eigenvalue weighted by Gasteiger charge is -2.15. The zero-order valence-electron chi connectivity index (χ0n) is 15.2. The fourth-order valence-electron chi connectivity index (χ4n) is 2.86. The summed E-state index contributed by atoms with van der Waals surface area (Å²) in [5, 5.41) is 5.56. The molecule has 0 radical (unpaired) electrons. The van der Waals surface area contributed by atoms with E-state index in [4.69, 9.17) is 0 Å². The van der Waals surface area contributed by atoms with Gasteiger partial charge in [-0.1, -0.05) is 6.92 Å². The van der Waals surface area contributed by atoms with Crippen molar-refractivity contribution in [3.63, 3.8) is 0 Å². The number of halogens is 3. The van der Waals surface area contributed by atoms with E-state index in [1.807, 2.05) is 0 Å². The molecule has 1 aromatic heterocycles. The molecule has 1 aromatic carbocycles. The molecule has 6 nitrogen and oxygen atoms in total. The second kappa shape index (κ2) is 8.28. The largest absolute Gasteiger partial charge is 0.366 e. The molecule has 28 heavy (non-hydrogen) atoms. The van der Waals surface area contributed by atoms with Crippen LogP contribution in [0, 0.1) is 17.5 Å². The maximum Gasteiger partial charge on any atom is 0.256 e. The number of pyridine rings is 1. The van der Waals surface area contributed by atoms with E-state index in [9.17, 15) is 22.8 Å². The molecule has 0 saturated carbocycles. The highest BCUT2D eigenvalue weighted by molar-refractivity contribution is 5.98. The van der Waals surface area contributed by atoms with Crippen LogP contribution in [0.25, 0.3) is 0 Å². The van der Waals surface area contributed by atoms with Gasteiger partial charge in [0.25, 0.3) is 5.91 Å². The second-order valence-electron chi connectivity index (χ2n) is 6.33. The van der Waals surface area contributed by atoms with Crippen LogP contribution >= 0.6 is 0 Å². The molecule has 1 aliphatic rings. The van der Waals surface area contributed by atoms with E-state index in [1.54, 1.807) is 24.0 Å². The molecule has 0 aliphatic carbocycles. The van der Waals surface area contributed by atoms with Crippen molar-refractivity contribution in [1.29, 1.82) is 0 Å². The van der Waals surface area contributed by atoms with Gasteiger partial charge in [-0.2, -0.15) is 0 Å². The van der Waals surface area contributed by atoms with Crippen LogP contribution in [0.4, 0.5) is 19.0 Å². The van der Waals surface area contributed by atoms with Crippen molar-refractivity contribution < 1.29 is 22.8 Å². The minimum Gasteiger partial charge on any atom is -0.366 e. The molecule has 1 aliphatic heterocycles. The molecule has 2 aromatic rings. The van der Waals surface area contributed by atoms with E-state index in [0.29, 0.717) is 49.2 Å². The summed E-state index contributed by atoms with van der Waals surface area (Å²) in [5.74, 6) is -3.10. The molecule has 0 unspecified atom stereocenters. The van der Waals surface area contributed by atoms with Crippen LogP contribution in [-0.4, -0.2) is 34.8 Å². The lowest BCUT2D eigenvalue weighted by atomic mass is 10.2. The Morgan fingerprint density at radius 3 is 2.68 bits per heavy atom. The van der Waals surface area contributed by atoms with Crippen LogP contribution < -0.4 is 10.6 Å². The van der Waals surface area contributed by atoms with Crippen molar-refractivity contribution in [2.75, 3.05) is 18.4 Å². The van der Waals surface area contributed by atoms with Gasteiger partial charge in [0.1, 0.15) is 11.6 Å². The van der Waals surface area contributed by atoms with Crippen LogP contribution in [0.1, 0.15) is 35.0 Å². The molecular weight excluding hydrogens is 373 g/mol. The van der Waals surface area contributed by atoms with Crippen molar-refractivity contribution in [3.05, 3.63) is 58.5 Å². The first-order valence-corrected chi connectivity index (χ1v) is 8.82. The molecule has 0 fully saturated rings. The smallest absolute Gasteiger partial charge is 0.256 e. The monoisotopic (exact) mass is 392 g/mol. The van der Waals surface area contributed by atoms with Crippen LogP contribution in [0.2, 0.25) is 0 Å². The predicted octanol–water partition coefficient (Wildman–Crippen LogP) is 2.59. The summed E-state index contributed by atoms with van der Waals surface area (Å²) in [7, 11) is 0. The van der Waals surface area contributed by atoms with Gasteiger partial charge in [0.2, 0.25) is 5.91 Å². The summed E-state index contributed by atoms with van der Waals surface area (Å²) in [4.78, 5) is 29.6. The van der Waals surface area contributed by atoms with Gasteiger partial charge in [-0.25, -0.2) is 18.2 Å². The Hall–Kier alpha value is -3.10. The van der Waals surface area contributed by atoms with Crippen molar-refractivity contribution >= 4 is 17.6 Å². The molecule has 0 spiro atoms. The van der Waals surface area contributed by atoms with Gasteiger partial charge in [-0.05, 0) is 18.2 Å². The van der Waals surface area contributed by atoms with Crippen LogP contribution in [0.15, 0.2) is 24.3 Å². The standard InChI is InChI=1S/C19H19F3N4O2/c1-2-18(27)23-5-6-26-10-16-12(19(26)28)3-4-17(25-16)24-9-11-7-14(21)15(22)8-13(11)20/h3-4,7-8H,2,5-6,9-10H2,1H3,(H,23,27)(H,24,25). The fraction of sp³-hybridized carbons (Fsp3) is 0.316. The van der Waals surface area contributed by atoms with Crippen LogP contribution in [-0.2, 0) is 17.9 Å². The Kier molecular flexibility index (Phi) is 5.81. The molecule has 0 bridgehead atoms. The van der Waals surface area contributed by atoms with Crippen LogP contribution in [0.5, 0.6) is 0 Å². The predicted molar refractivity (Wildman–Crippen MR) is 95.9 cm³/mol. The summed E-state index contributed by atoms with van der Waals surface area (Å²) in [5.41, 5.74) is 0.986. The number of rotatable bonds is 7. The number of carbonyl (C=O) groups excluding carboxylic acids is 2. The lowest BCUT2D eigenvalue weighted by molar-refractivity contribution is -0.120. The van der Waals surface area contributed by atoms with Crippen molar-refractivity contribution in [3.8, 4) is 0 Å². The van der Waals surface area contributed by atoms with E-state index in [-0.39, 0.29) is 23.9 Å². The van der Waals surface area contributed by atoms with Gasteiger partial charge in [0, 0.05) is 37.7 Å². The summed E-state index contributed by atoms with van der Waals surface area (Å²) in [6.07, 6.45) is 0.378. The number of aromatic nitrogens is 1. The Bertz CT molecular complexity index is 920. The van der Waals surface area contributed by atoms with Gasteiger partial charge in [-0.3, -0.25) is 9.59 Å². The third-order valence-corrected chi connectivity index (χ3v) is 4.41. The summed E-state index contributed by atoms with van der Waals surface area (Å²) in [6, 6.07) is 4.47. The highest BCUT2D eigenvalue weighted by Crippen LogP contribution is 2.23. The zero-order valence-corrected chi connectivity index (χ0v) is 15.2. The Balaban J connectivity index is 1.62. The number of hydrogen-bond donors (Lipinski definition) is 2. The Labute approximate surface area is 159 Å². The molecule has 2 heterocycles. The summed E-state index contributed by atoms with van der Waals surface area (Å²) >= 11 is 0. The zero-order chi connectivity index (χ0) is 20.3. The van der Waals surface area contributed by atoms with Gasteiger partial charge in [0.05, 0.1) is 17.8 Å². The molecule has 0 saturated heterocycles. The molecule has 2 amide bonds. The van der Waals surface area contributed by atoms with Crippen molar-refractivity contribution in [2.24, 2.45) is 0 Å². The molecule has 3 rings (SSSR count). The number of anilines is 1. The van der Waals surface area contributed by atoms with E-state index in [1.165, 1.54) is 0 Å². The van der Waals surface area contributed by atoms with Gasteiger partial charge < -0.3 is 15.5 Å². The third-order valence-electron chi connectivity index (χ3n) is 4.41. The number of benzene rings is 1. The van der Waals surface area contributed by atoms with E-state index in [0.717, 1.165) is 6.07 Å². The van der Waals surface area contributed by atoms with Gasteiger partial charge >= 0.3 is 0 Å².